The van der Waals surface area contributed by atoms with Gasteiger partial charge in [-0.1, -0.05) is 0 Å². The van der Waals surface area contributed by atoms with Crippen LogP contribution in [-0.4, -0.2) is 23.9 Å². The van der Waals surface area contributed by atoms with Gasteiger partial charge in [0.05, 0.1) is 5.56 Å². The van der Waals surface area contributed by atoms with Crippen molar-refractivity contribution in [3.63, 3.8) is 0 Å². The Morgan fingerprint density at radius 2 is 2.53 bits per heavy atom. The predicted molar refractivity (Wildman–Crippen MR) is 58.6 cm³/mol. The summed E-state index contributed by atoms with van der Waals surface area (Å²) in [6, 6.07) is 3.49. The third-order valence-corrected chi connectivity index (χ3v) is 2.78. The molecule has 2 heterocycles. The van der Waals surface area contributed by atoms with Gasteiger partial charge in [0.1, 0.15) is 5.82 Å². The number of pyridine rings is 1. The number of rotatable bonds is 3. The number of nitrogen functional groups attached to an aromatic ring is 1. The molecular formula is C11H15N3O. The molecule has 1 saturated heterocycles. The summed E-state index contributed by atoms with van der Waals surface area (Å²) in [5, 5.41) is 3.24. The first-order valence-corrected chi connectivity index (χ1v) is 5.22. The van der Waals surface area contributed by atoms with Gasteiger partial charge in [-0.3, -0.25) is 4.79 Å². The average Bonchev–Trinajstić information content (AvgIpc) is 2.71. The number of hydrogen-bond acceptors (Lipinski definition) is 4. The van der Waals surface area contributed by atoms with Gasteiger partial charge < -0.3 is 11.1 Å². The number of aromatic nitrogens is 1. The molecule has 4 nitrogen and oxygen atoms in total. The number of carbonyl (C=O) groups excluding carboxylic acids is 1. The third-order valence-electron chi connectivity index (χ3n) is 2.78. The highest BCUT2D eigenvalue weighted by Crippen LogP contribution is 2.18. The first kappa shape index (κ1) is 10.1. The molecule has 1 aliphatic heterocycles. The minimum absolute atomic E-state index is 0.106. The van der Waals surface area contributed by atoms with Crippen LogP contribution in [0, 0.1) is 5.92 Å². The monoisotopic (exact) mass is 205 g/mol. The topological polar surface area (TPSA) is 68.0 Å². The molecule has 0 aliphatic carbocycles. The molecule has 2 rings (SSSR count). The molecular weight excluding hydrogens is 190 g/mol. The zero-order valence-electron chi connectivity index (χ0n) is 8.57. The van der Waals surface area contributed by atoms with Gasteiger partial charge in [0.15, 0.2) is 5.78 Å². The van der Waals surface area contributed by atoms with E-state index in [2.05, 4.69) is 10.3 Å². The van der Waals surface area contributed by atoms with Crippen LogP contribution in [0.25, 0.3) is 0 Å². The van der Waals surface area contributed by atoms with Crippen LogP contribution in [-0.2, 0) is 0 Å². The highest BCUT2D eigenvalue weighted by molar-refractivity contribution is 6.00. The first-order valence-electron chi connectivity index (χ1n) is 5.22. The third kappa shape index (κ3) is 2.33. The van der Waals surface area contributed by atoms with Crippen molar-refractivity contribution >= 4 is 11.6 Å². The van der Waals surface area contributed by atoms with Crippen LogP contribution < -0.4 is 11.1 Å². The van der Waals surface area contributed by atoms with E-state index in [0.717, 1.165) is 19.5 Å². The Morgan fingerprint density at radius 1 is 1.67 bits per heavy atom. The number of nitrogens with one attached hydrogen (secondary N) is 1. The maximum atomic E-state index is 11.9. The molecule has 3 N–H and O–H groups in total. The quantitative estimate of drug-likeness (QED) is 0.718. The van der Waals surface area contributed by atoms with E-state index in [4.69, 9.17) is 5.73 Å². The van der Waals surface area contributed by atoms with Crippen molar-refractivity contribution in [1.29, 1.82) is 0 Å². The van der Waals surface area contributed by atoms with Crippen LogP contribution in [0.3, 0.4) is 0 Å². The molecule has 1 fully saturated rings. The Labute approximate surface area is 88.9 Å². The van der Waals surface area contributed by atoms with Crippen molar-refractivity contribution < 1.29 is 4.79 Å². The fourth-order valence-electron chi connectivity index (χ4n) is 1.91. The highest BCUT2D eigenvalue weighted by Gasteiger charge is 2.20. The minimum atomic E-state index is 0.106. The molecule has 1 unspecified atom stereocenters. The van der Waals surface area contributed by atoms with Gasteiger partial charge in [0.25, 0.3) is 0 Å². The van der Waals surface area contributed by atoms with Crippen molar-refractivity contribution in [2.24, 2.45) is 5.92 Å². The van der Waals surface area contributed by atoms with Crippen molar-refractivity contribution in [1.82, 2.24) is 10.3 Å². The maximum Gasteiger partial charge on any atom is 0.166 e. The number of ketones is 1. The summed E-state index contributed by atoms with van der Waals surface area (Å²) >= 11 is 0. The lowest BCUT2D eigenvalue weighted by atomic mass is 9.98. The second-order valence-electron chi connectivity index (χ2n) is 3.92. The minimum Gasteiger partial charge on any atom is -0.383 e. The highest BCUT2D eigenvalue weighted by atomic mass is 16.1. The lowest BCUT2D eigenvalue weighted by Gasteiger charge is -2.07. The summed E-state index contributed by atoms with van der Waals surface area (Å²) in [4.78, 5) is 15.8. The predicted octanol–water partition coefficient (Wildman–Crippen LogP) is 0.846. The van der Waals surface area contributed by atoms with Gasteiger partial charge in [0, 0.05) is 12.6 Å². The van der Waals surface area contributed by atoms with E-state index in [1.54, 1.807) is 18.3 Å². The van der Waals surface area contributed by atoms with Crippen LogP contribution in [0.1, 0.15) is 23.2 Å². The largest absolute Gasteiger partial charge is 0.383 e. The molecule has 0 amide bonds. The zero-order chi connectivity index (χ0) is 10.7. The van der Waals surface area contributed by atoms with Crippen molar-refractivity contribution in [3.05, 3.63) is 23.9 Å². The summed E-state index contributed by atoms with van der Waals surface area (Å²) in [7, 11) is 0. The number of nitrogens with two attached hydrogens (primary N) is 1. The van der Waals surface area contributed by atoms with E-state index in [1.807, 2.05) is 0 Å². The molecule has 0 saturated carbocycles. The Hall–Kier alpha value is -1.42. The van der Waals surface area contributed by atoms with E-state index in [-0.39, 0.29) is 5.78 Å². The van der Waals surface area contributed by atoms with Gasteiger partial charge in [-0.25, -0.2) is 4.98 Å². The molecule has 0 aromatic carbocycles. The Kier molecular flexibility index (Phi) is 2.97. The molecule has 0 bridgehead atoms. The van der Waals surface area contributed by atoms with E-state index < -0.39 is 0 Å². The van der Waals surface area contributed by atoms with Crippen LogP contribution in [0.2, 0.25) is 0 Å². The summed E-state index contributed by atoms with van der Waals surface area (Å²) in [5.74, 6) is 0.903. The first-order chi connectivity index (χ1) is 7.27. The van der Waals surface area contributed by atoms with Gasteiger partial charge in [-0.05, 0) is 37.6 Å². The fraction of sp³-hybridized carbons (Fsp3) is 0.455. The number of hydrogen-bond donors (Lipinski definition) is 2. The summed E-state index contributed by atoms with van der Waals surface area (Å²) < 4.78 is 0. The Balaban J connectivity index is 2.04. The molecule has 1 aromatic rings. The summed E-state index contributed by atoms with van der Waals surface area (Å²) in [5.41, 5.74) is 6.21. The van der Waals surface area contributed by atoms with Gasteiger partial charge >= 0.3 is 0 Å². The van der Waals surface area contributed by atoms with Gasteiger partial charge in [-0.2, -0.15) is 0 Å². The number of Topliss-reactive ketones (excluding diaryl/α,β-unsaturated/α-hetero) is 1. The molecule has 1 aromatic heterocycles. The molecule has 0 spiro atoms. The molecule has 15 heavy (non-hydrogen) atoms. The Morgan fingerprint density at radius 3 is 3.20 bits per heavy atom. The van der Waals surface area contributed by atoms with Gasteiger partial charge in [0.2, 0.25) is 0 Å². The fourth-order valence-corrected chi connectivity index (χ4v) is 1.91. The van der Waals surface area contributed by atoms with E-state index in [9.17, 15) is 4.79 Å². The van der Waals surface area contributed by atoms with E-state index >= 15 is 0 Å². The van der Waals surface area contributed by atoms with Crippen LogP contribution in [0.5, 0.6) is 0 Å². The molecule has 4 heteroatoms. The second kappa shape index (κ2) is 4.40. The number of anilines is 1. The normalized spacial score (nSPS) is 20.4. The number of carbonyl (C=O) groups is 1. The van der Waals surface area contributed by atoms with E-state index in [0.29, 0.717) is 23.7 Å². The summed E-state index contributed by atoms with van der Waals surface area (Å²) in [6.07, 6.45) is 3.25. The number of nitrogens with zero attached hydrogens (tertiary/aromatic N) is 1. The van der Waals surface area contributed by atoms with Crippen LogP contribution >= 0.6 is 0 Å². The van der Waals surface area contributed by atoms with Crippen molar-refractivity contribution in [3.8, 4) is 0 Å². The second-order valence-corrected chi connectivity index (χ2v) is 3.92. The summed E-state index contributed by atoms with van der Waals surface area (Å²) in [6.45, 7) is 1.95. The van der Waals surface area contributed by atoms with Crippen molar-refractivity contribution in [2.45, 2.75) is 12.8 Å². The molecule has 80 valence electrons. The standard InChI is InChI=1S/C11H15N3O/c12-11-9(2-1-4-14-11)10(15)6-8-3-5-13-7-8/h1-2,4,8,13H,3,5-7H2,(H2,12,14). The lowest BCUT2D eigenvalue weighted by Crippen LogP contribution is -2.14. The maximum absolute atomic E-state index is 11.9. The molecule has 1 aliphatic rings. The van der Waals surface area contributed by atoms with Gasteiger partial charge in [-0.15, -0.1) is 0 Å². The smallest absolute Gasteiger partial charge is 0.166 e. The van der Waals surface area contributed by atoms with Crippen molar-refractivity contribution in [2.75, 3.05) is 18.8 Å². The van der Waals surface area contributed by atoms with Crippen LogP contribution in [0.4, 0.5) is 5.82 Å². The molecule has 0 radical (unpaired) electrons. The lowest BCUT2D eigenvalue weighted by molar-refractivity contribution is 0.0965. The molecule has 1 atom stereocenters. The van der Waals surface area contributed by atoms with E-state index in [1.165, 1.54) is 0 Å². The SMILES string of the molecule is Nc1ncccc1C(=O)CC1CCNC1. The average molecular weight is 205 g/mol. The zero-order valence-corrected chi connectivity index (χ0v) is 8.57. The Bertz CT molecular complexity index is 359. The van der Waals surface area contributed by atoms with Crippen LogP contribution in [0.15, 0.2) is 18.3 Å².